The normalized spacial score (nSPS) is 15.9. The Labute approximate surface area is 333 Å². The molecule has 0 bridgehead atoms. The molecule has 0 saturated carbocycles. The summed E-state index contributed by atoms with van der Waals surface area (Å²) in [5.74, 6) is 6.08. The van der Waals surface area contributed by atoms with E-state index in [0.717, 1.165) is 60.2 Å². The number of hydrogen-bond acceptors (Lipinski definition) is 10. The van der Waals surface area contributed by atoms with Crippen LogP contribution in [0.25, 0.3) is 33.3 Å². The number of furan rings is 1. The highest BCUT2D eigenvalue weighted by atomic mass is 16.5. The van der Waals surface area contributed by atoms with Crippen molar-refractivity contribution >= 4 is 56.8 Å². The average molecular weight is 777 g/mol. The number of ether oxygens (including phenoxy) is 1. The van der Waals surface area contributed by atoms with Crippen molar-refractivity contribution in [1.82, 2.24) is 30.2 Å². The maximum Gasteiger partial charge on any atom is 0.328 e. The number of nitrogens with one attached hydrogen (secondary N) is 2. The minimum absolute atomic E-state index is 0.00847. The van der Waals surface area contributed by atoms with Gasteiger partial charge in [-0.15, -0.1) is 0 Å². The highest BCUT2D eigenvalue weighted by Gasteiger charge is 2.28. The van der Waals surface area contributed by atoms with Gasteiger partial charge in [-0.1, -0.05) is 11.8 Å². The summed E-state index contributed by atoms with van der Waals surface area (Å²) in [4.78, 5) is 68.7. The van der Waals surface area contributed by atoms with Crippen molar-refractivity contribution in [3.05, 3.63) is 106 Å². The van der Waals surface area contributed by atoms with E-state index >= 15 is 0 Å². The van der Waals surface area contributed by atoms with Gasteiger partial charge < -0.3 is 23.9 Å². The predicted octanol–water partition coefficient (Wildman–Crippen LogP) is 5.65. The van der Waals surface area contributed by atoms with Crippen LogP contribution < -0.4 is 26.0 Å². The molecule has 0 aliphatic carbocycles. The predicted molar refractivity (Wildman–Crippen MR) is 218 cm³/mol. The van der Waals surface area contributed by atoms with Gasteiger partial charge in [0.1, 0.15) is 17.5 Å². The first kappa shape index (κ1) is 36.8. The quantitative estimate of drug-likeness (QED) is 0.202. The Balaban J connectivity index is 0.961. The molecule has 2 aromatic carbocycles. The van der Waals surface area contributed by atoms with Crippen LogP contribution in [0.1, 0.15) is 64.5 Å². The molecule has 7 heterocycles. The van der Waals surface area contributed by atoms with Crippen molar-refractivity contribution in [1.29, 1.82) is 0 Å². The van der Waals surface area contributed by atoms with E-state index in [1.165, 1.54) is 16.7 Å². The summed E-state index contributed by atoms with van der Waals surface area (Å²) in [6, 6.07) is 14.9. The van der Waals surface area contributed by atoms with Crippen LogP contribution in [0.15, 0.2) is 76.4 Å². The number of urea groups is 1. The number of imide groups is 1. The third-order valence-electron chi connectivity index (χ3n) is 11.2. The molecule has 292 valence electrons. The van der Waals surface area contributed by atoms with Crippen LogP contribution in [0.3, 0.4) is 0 Å². The molecule has 2 fully saturated rings. The maximum absolute atomic E-state index is 13.5. The summed E-state index contributed by atoms with van der Waals surface area (Å²) in [6.07, 6.45) is 8.54. The highest BCUT2D eigenvalue weighted by molar-refractivity contribution is 6.09. The summed E-state index contributed by atoms with van der Waals surface area (Å²) >= 11 is 0. The van der Waals surface area contributed by atoms with Crippen LogP contribution in [-0.2, 0) is 23.0 Å². The van der Waals surface area contributed by atoms with Gasteiger partial charge in [-0.3, -0.25) is 29.6 Å². The Kier molecular flexibility index (Phi) is 9.66. The number of carbonyl (C=O) groups is 3. The minimum atomic E-state index is -0.500. The Morgan fingerprint density at radius 3 is 2.67 bits per heavy atom. The van der Waals surface area contributed by atoms with Gasteiger partial charge in [0.2, 0.25) is 5.91 Å². The molecule has 3 aliphatic rings. The number of fused-ring (bicyclic) bond motifs is 3. The second kappa shape index (κ2) is 15.2. The first-order chi connectivity index (χ1) is 28.2. The zero-order valence-electron chi connectivity index (χ0n) is 32.1. The molecular formula is C44H40N8O6. The summed E-state index contributed by atoms with van der Waals surface area (Å²) in [5.41, 5.74) is 8.04. The highest BCUT2D eigenvalue weighted by Crippen LogP contribution is 2.41. The Morgan fingerprint density at radius 2 is 1.83 bits per heavy atom. The van der Waals surface area contributed by atoms with E-state index in [2.05, 4.69) is 44.5 Å². The Morgan fingerprint density at radius 1 is 0.966 bits per heavy atom. The number of benzene rings is 2. The molecule has 3 aliphatic heterocycles. The second-order valence-corrected chi connectivity index (χ2v) is 14.8. The van der Waals surface area contributed by atoms with Crippen molar-refractivity contribution in [2.24, 2.45) is 7.05 Å². The molecule has 0 atom stereocenters. The van der Waals surface area contributed by atoms with E-state index in [1.54, 1.807) is 35.0 Å². The fourth-order valence-corrected chi connectivity index (χ4v) is 8.15. The van der Waals surface area contributed by atoms with E-state index < -0.39 is 11.9 Å². The molecule has 9 rings (SSSR count). The van der Waals surface area contributed by atoms with Gasteiger partial charge in [-0.2, -0.15) is 0 Å². The van der Waals surface area contributed by atoms with Crippen LogP contribution >= 0.6 is 0 Å². The van der Waals surface area contributed by atoms with Crippen molar-refractivity contribution in [3.63, 3.8) is 0 Å². The topological polar surface area (TPSA) is 165 Å². The standard InChI is InChI=1S/C44H40N8O6/c1-26-20-31-34(50(2)43(26)55)22-29(28-12-18-57-19-13-28)23-35(31)51-16-5-8-33-36(51)24-47-41(48-33)30-7-4-14-45-40(30)42(54)46-15-3-6-27-9-10-38-32(21-27)37(25-58-38)52-17-11-39(53)49-44(52)56/h4,7,9-10,14,20-25,28H,5,8,11-13,15-19H2,1-2H3,(H,46,54)(H,49,53,56). The molecule has 14 heteroatoms. The number of pyridine rings is 2. The average Bonchev–Trinajstić information content (AvgIpc) is 3.67. The molecule has 0 unspecified atom stereocenters. The van der Waals surface area contributed by atoms with Crippen molar-refractivity contribution in [2.75, 3.05) is 42.6 Å². The lowest BCUT2D eigenvalue weighted by Gasteiger charge is -2.33. The Hall–Kier alpha value is -6.85. The summed E-state index contributed by atoms with van der Waals surface area (Å²) in [7, 11) is 1.84. The number of anilines is 3. The summed E-state index contributed by atoms with van der Waals surface area (Å²) < 4.78 is 13.1. The first-order valence-corrected chi connectivity index (χ1v) is 19.4. The van der Waals surface area contributed by atoms with Gasteiger partial charge in [0.25, 0.3) is 11.5 Å². The summed E-state index contributed by atoms with van der Waals surface area (Å²) in [5, 5.41) is 6.87. The molecule has 4 aromatic heterocycles. The Bertz CT molecular complexity index is 2770. The van der Waals surface area contributed by atoms with Crippen LogP contribution in [0.5, 0.6) is 0 Å². The molecule has 0 radical (unpaired) electrons. The number of carbonyl (C=O) groups excluding carboxylic acids is 3. The molecular weight excluding hydrogens is 737 g/mol. The van der Waals surface area contributed by atoms with Gasteiger partial charge in [-0.05, 0) is 92.6 Å². The molecule has 2 N–H and O–H groups in total. The van der Waals surface area contributed by atoms with Gasteiger partial charge in [0, 0.05) is 67.9 Å². The SMILES string of the molecule is Cc1cc2c(N3CCCc4nc(-c5cccnc5C(=O)NCC#Cc5ccc6occ(N7CCC(=O)NC7=O)c6c5)ncc43)cc(C3CCOCC3)cc2n(C)c1=O. The molecule has 4 amide bonds. The van der Waals surface area contributed by atoms with Gasteiger partial charge in [0.15, 0.2) is 5.82 Å². The van der Waals surface area contributed by atoms with Crippen molar-refractivity contribution < 1.29 is 23.5 Å². The molecule has 2 saturated heterocycles. The maximum atomic E-state index is 13.5. The van der Waals surface area contributed by atoms with E-state index in [9.17, 15) is 19.2 Å². The van der Waals surface area contributed by atoms with Crippen LogP contribution in [0, 0.1) is 18.8 Å². The van der Waals surface area contributed by atoms with Crippen molar-refractivity contribution in [3.8, 4) is 23.2 Å². The van der Waals surface area contributed by atoms with Crippen molar-refractivity contribution in [2.45, 2.75) is 44.9 Å². The number of hydrogen-bond donors (Lipinski definition) is 2. The van der Waals surface area contributed by atoms with Crippen LogP contribution in [0.2, 0.25) is 0 Å². The van der Waals surface area contributed by atoms with Gasteiger partial charge >= 0.3 is 6.03 Å². The number of amides is 4. The lowest BCUT2D eigenvalue weighted by atomic mass is 9.89. The zero-order valence-corrected chi connectivity index (χ0v) is 32.1. The first-order valence-electron chi connectivity index (χ1n) is 19.4. The van der Waals surface area contributed by atoms with E-state index in [-0.39, 0.29) is 36.7 Å². The minimum Gasteiger partial charge on any atom is -0.462 e. The van der Waals surface area contributed by atoms with Gasteiger partial charge in [-0.25, -0.2) is 14.8 Å². The second-order valence-electron chi connectivity index (χ2n) is 14.8. The number of rotatable bonds is 6. The lowest BCUT2D eigenvalue weighted by molar-refractivity contribution is -0.120. The third kappa shape index (κ3) is 6.83. The van der Waals surface area contributed by atoms with E-state index in [1.807, 2.05) is 32.3 Å². The van der Waals surface area contributed by atoms with Gasteiger partial charge in [0.05, 0.1) is 46.6 Å². The van der Waals surface area contributed by atoms with E-state index in [4.69, 9.17) is 19.1 Å². The monoisotopic (exact) mass is 776 g/mol. The lowest BCUT2D eigenvalue weighted by Crippen LogP contribution is -2.49. The smallest absolute Gasteiger partial charge is 0.328 e. The fourth-order valence-electron chi connectivity index (χ4n) is 8.15. The largest absolute Gasteiger partial charge is 0.462 e. The number of aryl methyl sites for hydroxylation is 3. The number of aromatic nitrogens is 4. The molecule has 0 spiro atoms. The van der Waals surface area contributed by atoms with E-state index in [0.29, 0.717) is 58.3 Å². The molecule has 6 aromatic rings. The van der Waals surface area contributed by atoms with Crippen LogP contribution in [0.4, 0.5) is 21.9 Å². The summed E-state index contributed by atoms with van der Waals surface area (Å²) in [6.45, 7) is 4.35. The third-order valence-corrected chi connectivity index (χ3v) is 11.2. The molecule has 58 heavy (non-hydrogen) atoms. The van der Waals surface area contributed by atoms with Crippen LogP contribution in [-0.4, -0.2) is 70.2 Å². The molecule has 14 nitrogen and oxygen atoms in total. The fraction of sp³-hybridized carbons (Fsp3) is 0.295. The zero-order chi connectivity index (χ0) is 39.9. The number of nitrogens with zero attached hydrogens (tertiary/aromatic N) is 6.